The van der Waals surface area contributed by atoms with E-state index in [2.05, 4.69) is 16.0 Å². The number of anilines is 1. The molecule has 1 atom stereocenters. The highest BCUT2D eigenvalue weighted by atomic mass is 16.3. The number of rotatable bonds is 6. The van der Waals surface area contributed by atoms with Gasteiger partial charge in [-0.3, -0.25) is 0 Å². The lowest BCUT2D eigenvalue weighted by Crippen LogP contribution is -2.51. The van der Waals surface area contributed by atoms with Crippen LogP contribution in [-0.4, -0.2) is 35.9 Å². The van der Waals surface area contributed by atoms with Crippen molar-refractivity contribution in [3.05, 3.63) is 30.3 Å². The minimum atomic E-state index is -0.405. The number of aliphatic hydroxyl groups excluding tert-OH is 1. The van der Waals surface area contributed by atoms with Gasteiger partial charge >= 0.3 is 6.03 Å². The molecule has 1 aromatic rings. The van der Waals surface area contributed by atoms with E-state index in [9.17, 15) is 9.90 Å². The maximum atomic E-state index is 11.7. The molecule has 0 saturated carbocycles. The summed E-state index contributed by atoms with van der Waals surface area (Å²) in [4.78, 5) is 11.7. The first-order chi connectivity index (χ1) is 8.89. The predicted molar refractivity (Wildman–Crippen MR) is 77.2 cm³/mol. The molecule has 0 radical (unpaired) electrons. The molecule has 1 rings (SSSR count). The predicted octanol–water partition coefficient (Wildman–Crippen LogP) is 1.56. The van der Waals surface area contributed by atoms with Crippen LogP contribution in [0.3, 0.4) is 0 Å². The maximum Gasteiger partial charge on any atom is 0.319 e. The van der Waals surface area contributed by atoms with Crippen molar-refractivity contribution in [2.24, 2.45) is 0 Å². The van der Waals surface area contributed by atoms with Crippen LogP contribution in [0.1, 0.15) is 20.8 Å². The molecular formula is C14H23N3O2. The van der Waals surface area contributed by atoms with Crippen molar-refractivity contribution in [3.8, 4) is 0 Å². The Morgan fingerprint density at radius 3 is 2.53 bits per heavy atom. The molecule has 106 valence electrons. The van der Waals surface area contributed by atoms with Gasteiger partial charge in [-0.2, -0.15) is 0 Å². The third-order valence-corrected chi connectivity index (χ3v) is 2.60. The largest absolute Gasteiger partial charge is 0.392 e. The Balaban J connectivity index is 2.33. The summed E-state index contributed by atoms with van der Waals surface area (Å²) in [6.45, 7) is 6.63. The fraction of sp³-hybridized carbons (Fsp3) is 0.500. The summed E-state index contributed by atoms with van der Waals surface area (Å²) in [5.74, 6) is 0. The van der Waals surface area contributed by atoms with Crippen molar-refractivity contribution in [2.45, 2.75) is 32.4 Å². The normalized spacial score (nSPS) is 12.8. The number of hydrogen-bond acceptors (Lipinski definition) is 3. The van der Waals surface area contributed by atoms with Gasteiger partial charge in [0.2, 0.25) is 0 Å². The number of benzene rings is 1. The minimum Gasteiger partial charge on any atom is -0.392 e. The molecule has 19 heavy (non-hydrogen) atoms. The number of para-hydroxylation sites is 1. The van der Waals surface area contributed by atoms with Gasteiger partial charge in [-0.25, -0.2) is 4.79 Å². The molecule has 0 aliphatic rings. The number of nitrogens with one attached hydrogen (secondary N) is 3. The van der Waals surface area contributed by atoms with E-state index < -0.39 is 6.10 Å². The van der Waals surface area contributed by atoms with Crippen LogP contribution in [0.2, 0.25) is 0 Å². The summed E-state index contributed by atoms with van der Waals surface area (Å²) >= 11 is 0. The highest BCUT2D eigenvalue weighted by Crippen LogP contribution is 2.05. The SMILES string of the molecule is CC(O)CNC(C)(C)CNC(=O)Nc1ccccc1. The molecular weight excluding hydrogens is 242 g/mol. The number of hydrogen-bond donors (Lipinski definition) is 4. The van der Waals surface area contributed by atoms with Crippen LogP contribution in [0.25, 0.3) is 0 Å². The average molecular weight is 265 g/mol. The number of amides is 2. The summed E-state index contributed by atoms with van der Waals surface area (Å²) in [5.41, 5.74) is 0.486. The first-order valence-corrected chi connectivity index (χ1v) is 6.42. The van der Waals surface area contributed by atoms with Crippen LogP contribution in [0, 0.1) is 0 Å². The van der Waals surface area contributed by atoms with Gasteiger partial charge in [-0.1, -0.05) is 18.2 Å². The van der Waals surface area contributed by atoms with Crippen molar-refractivity contribution in [1.82, 2.24) is 10.6 Å². The molecule has 1 aromatic carbocycles. The Kier molecular flexibility index (Phi) is 5.79. The molecule has 4 N–H and O–H groups in total. The van der Waals surface area contributed by atoms with E-state index in [1.807, 2.05) is 44.2 Å². The van der Waals surface area contributed by atoms with Crippen LogP contribution >= 0.6 is 0 Å². The molecule has 2 amide bonds. The smallest absolute Gasteiger partial charge is 0.319 e. The van der Waals surface area contributed by atoms with Gasteiger partial charge in [0.1, 0.15) is 0 Å². The van der Waals surface area contributed by atoms with E-state index in [4.69, 9.17) is 0 Å². The zero-order valence-electron chi connectivity index (χ0n) is 11.7. The molecule has 0 fully saturated rings. The van der Waals surface area contributed by atoms with Crippen LogP contribution in [0.15, 0.2) is 30.3 Å². The van der Waals surface area contributed by atoms with Crippen LogP contribution < -0.4 is 16.0 Å². The van der Waals surface area contributed by atoms with Gasteiger partial charge in [0.05, 0.1) is 6.10 Å². The van der Waals surface area contributed by atoms with Gasteiger partial charge in [0.15, 0.2) is 0 Å². The number of β-amino-alcohol motifs (C(OH)–C–C–N with tert-alkyl or cyclic N) is 1. The van der Waals surface area contributed by atoms with Gasteiger partial charge in [-0.05, 0) is 32.9 Å². The fourth-order valence-electron chi connectivity index (χ4n) is 1.48. The lowest BCUT2D eigenvalue weighted by Gasteiger charge is -2.27. The molecule has 5 heteroatoms. The Hall–Kier alpha value is -1.59. The summed E-state index contributed by atoms with van der Waals surface area (Å²) in [5, 5.41) is 18.0. The van der Waals surface area contributed by atoms with E-state index in [1.165, 1.54) is 0 Å². The Morgan fingerprint density at radius 2 is 1.95 bits per heavy atom. The third-order valence-electron chi connectivity index (χ3n) is 2.60. The average Bonchev–Trinajstić information content (AvgIpc) is 2.36. The lowest BCUT2D eigenvalue weighted by molar-refractivity contribution is 0.176. The van der Waals surface area contributed by atoms with Gasteiger partial charge < -0.3 is 21.1 Å². The van der Waals surface area contributed by atoms with Crippen LogP contribution in [0.5, 0.6) is 0 Å². The molecule has 0 aliphatic heterocycles. The second kappa shape index (κ2) is 7.11. The summed E-state index contributed by atoms with van der Waals surface area (Å²) in [6, 6.07) is 9.05. The van der Waals surface area contributed by atoms with E-state index in [-0.39, 0.29) is 11.6 Å². The van der Waals surface area contributed by atoms with Gasteiger partial charge in [-0.15, -0.1) is 0 Å². The van der Waals surface area contributed by atoms with Gasteiger partial charge in [0, 0.05) is 24.3 Å². The first-order valence-electron chi connectivity index (χ1n) is 6.42. The van der Waals surface area contributed by atoms with E-state index >= 15 is 0 Å². The Bertz CT molecular complexity index is 391. The van der Waals surface area contributed by atoms with E-state index in [1.54, 1.807) is 6.92 Å². The highest BCUT2D eigenvalue weighted by molar-refractivity contribution is 5.89. The second-order valence-corrected chi connectivity index (χ2v) is 5.29. The zero-order valence-corrected chi connectivity index (χ0v) is 11.7. The molecule has 0 aliphatic carbocycles. The van der Waals surface area contributed by atoms with Crippen molar-refractivity contribution < 1.29 is 9.90 Å². The molecule has 0 saturated heterocycles. The van der Waals surface area contributed by atoms with Crippen molar-refractivity contribution in [3.63, 3.8) is 0 Å². The molecule has 0 heterocycles. The standard InChI is InChI=1S/C14H23N3O2/c1-11(18)9-16-14(2,3)10-15-13(19)17-12-7-5-4-6-8-12/h4-8,11,16,18H,9-10H2,1-3H3,(H2,15,17,19). The monoisotopic (exact) mass is 265 g/mol. The van der Waals surface area contributed by atoms with Gasteiger partial charge in [0.25, 0.3) is 0 Å². The van der Waals surface area contributed by atoms with E-state index in [0.717, 1.165) is 5.69 Å². The van der Waals surface area contributed by atoms with E-state index in [0.29, 0.717) is 13.1 Å². The summed E-state index contributed by atoms with van der Waals surface area (Å²) in [6.07, 6.45) is -0.405. The summed E-state index contributed by atoms with van der Waals surface area (Å²) in [7, 11) is 0. The van der Waals surface area contributed by atoms with Crippen molar-refractivity contribution in [1.29, 1.82) is 0 Å². The summed E-state index contributed by atoms with van der Waals surface area (Å²) < 4.78 is 0. The second-order valence-electron chi connectivity index (χ2n) is 5.29. The first kappa shape index (κ1) is 15.5. The third kappa shape index (κ3) is 6.79. The molecule has 1 unspecified atom stereocenters. The highest BCUT2D eigenvalue weighted by Gasteiger charge is 2.18. The zero-order chi connectivity index (χ0) is 14.3. The van der Waals surface area contributed by atoms with Crippen LogP contribution in [0.4, 0.5) is 10.5 Å². The topological polar surface area (TPSA) is 73.4 Å². The minimum absolute atomic E-state index is 0.238. The maximum absolute atomic E-state index is 11.7. The molecule has 5 nitrogen and oxygen atoms in total. The number of carbonyl (C=O) groups excluding carboxylic acids is 1. The van der Waals surface area contributed by atoms with Crippen LogP contribution in [-0.2, 0) is 0 Å². The molecule has 0 spiro atoms. The van der Waals surface area contributed by atoms with Crippen molar-refractivity contribution >= 4 is 11.7 Å². The molecule has 0 aromatic heterocycles. The number of aliphatic hydroxyl groups is 1. The Labute approximate surface area is 114 Å². The lowest BCUT2D eigenvalue weighted by atomic mass is 10.1. The Morgan fingerprint density at radius 1 is 1.32 bits per heavy atom. The number of urea groups is 1. The fourth-order valence-corrected chi connectivity index (χ4v) is 1.48. The molecule has 0 bridgehead atoms. The number of carbonyl (C=O) groups is 1. The quantitative estimate of drug-likeness (QED) is 0.630. The van der Waals surface area contributed by atoms with Crippen molar-refractivity contribution in [2.75, 3.05) is 18.4 Å².